The first-order chi connectivity index (χ1) is 8.22. The Bertz CT molecular complexity index is 664. The first kappa shape index (κ1) is 10.0. The predicted octanol–water partition coefficient (Wildman–Crippen LogP) is 1.52. The Morgan fingerprint density at radius 2 is 2.12 bits per heavy atom. The van der Waals surface area contributed by atoms with Crippen molar-refractivity contribution in [2.75, 3.05) is 0 Å². The van der Waals surface area contributed by atoms with Crippen molar-refractivity contribution in [1.82, 2.24) is 24.8 Å². The van der Waals surface area contributed by atoms with Crippen LogP contribution < -0.4 is 0 Å². The van der Waals surface area contributed by atoms with Crippen molar-refractivity contribution in [2.24, 2.45) is 7.05 Å². The van der Waals surface area contributed by atoms with E-state index in [9.17, 15) is 0 Å². The van der Waals surface area contributed by atoms with Crippen LogP contribution in [-0.2, 0) is 13.6 Å². The second-order valence-electron chi connectivity index (χ2n) is 4.20. The lowest BCUT2D eigenvalue weighted by molar-refractivity contribution is 0.626. The molecule has 5 heteroatoms. The summed E-state index contributed by atoms with van der Waals surface area (Å²) in [7, 11) is 1.77. The van der Waals surface area contributed by atoms with Crippen LogP contribution in [0.5, 0.6) is 0 Å². The summed E-state index contributed by atoms with van der Waals surface area (Å²) in [6.45, 7) is 2.75. The van der Waals surface area contributed by atoms with Gasteiger partial charge in [-0.3, -0.25) is 0 Å². The Morgan fingerprint density at radius 3 is 2.88 bits per heavy atom. The molecule has 86 valence electrons. The maximum Gasteiger partial charge on any atom is 0.194 e. The molecule has 0 aliphatic carbocycles. The second-order valence-corrected chi connectivity index (χ2v) is 4.20. The molecule has 3 rings (SSSR count). The molecule has 0 bridgehead atoms. The van der Waals surface area contributed by atoms with E-state index in [4.69, 9.17) is 0 Å². The van der Waals surface area contributed by atoms with Gasteiger partial charge in [0.15, 0.2) is 5.82 Å². The molecule has 0 aliphatic heterocycles. The summed E-state index contributed by atoms with van der Waals surface area (Å²) in [5, 5.41) is 13.3. The van der Waals surface area contributed by atoms with Crippen molar-refractivity contribution in [3.8, 4) is 0 Å². The maximum absolute atomic E-state index is 4.18. The molecule has 2 aromatic heterocycles. The van der Waals surface area contributed by atoms with Crippen LogP contribution >= 0.6 is 0 Å². The smallest absolute Gasteiger partial charge is 0.194 e. The Hall–Kier alpha value is -2.17. The number of hydrogen-bond acceptors (Lipinski definition) is 3. The van der Waals surface area contributed by atoms with E-state index in [0.29, 0.717) is 6.54 Å². The molecule has 17 heavy (non-hydrogen) atoms. The first-order valence-corrected chi connectivity index (χ1v) is 5.51. The van der Waals surface area contributed by atoms with Crippen molar-refractivity contribution in [3.63, 3.8) is 0 Å². The van der Waals surface area contributed by atoms with Gasteiger partial charge in [-0.05, 0) is 35.7 Å². The predicted molar refractivity (Wildman–Crippen MR) is 64.6 cm³/mol. The van der Waals surface area contributed by atoms with E-state index in [2.05, 4.69) is 57.4 Å². The zero-order valence-electron chi connectivity index (χ0n) is 9.83. The quantitative estimate of drug-likeness (QED) is 0.667. The average molecular weight is 227 g/mol. The largest absolute Gasteiger partial charge is 0.340 e. The molecule has 0 unspecified atom stereocenters. The van der Waals surface area contributed by atoms with Crippen molar-refractivity contribution >= 4 is 10.9 Å². The number of nitrogens with zero attached hydrogens (tertiary/aromatic N) is 5. The molecule has 1 aromatic carbocycles. The lowest BCUT2D eigenvalue weighted by Crippen LogP contribution is -2.00. The average Bonchev–Trinajstić information content (AvgIpc) is 2.86. The van der Waals surface area contributed by atoms with Crippen LogP contribution in [0.15, 0.2) is 30.5 Å². The minimum absolute atomic E-state index is 0.653. The molecule has 0 fully saturated rings. The molecule has 0 atom stereocenters. The zero-order chi connectivity index (χ0) is 11.8. The van der Waals surface area contributed by atoms with Crippen molar-refractivity contribution in [1.29, 1.82) is 0 Å². The van der Waals surface area contributed by atoms with Crippen LogP contribution in [0.25, 0.3) is 10.9 Å². The normalized spacial score (nSPS) is 11.2. The van der Waals surface area contributed by atoms with Crippen LogP contribution in [-0.4, -0.2) is 24.8 Å². The minimum Gasteiger partial charge on any atom is -0.340 e. The van der Waals surface area contributed by atoms with Crippen LogP contribution in [0, 0.1) is 6.92 Å². The van der Waals surface area contributed by atoms with E-state index in [1.807, 2.05) is 0 Å². The molecule has 0 amide bonds. The van der Waals surface area contributed by atoms with Gasteiger partial charge in [-0.2, -0.15) is 4.80 Å². The third-order valence-corrected chi connectivity index (χ3v) is 2.79. The van der Waals surface area contributed by atoms with Gasteiger partial charge < -0.3 is 4.57 Å². The summed E-state index contributed by atoms with van der Waals surface area (Å²) < 4.78 is 2.13. The highest BCUT2D eigenvalue weighted by molar-refractivity contribution is 5.80. The Balaban J connectivity index is 2.00. The van der Waals surface area contributed by atoms with Gasteiger partial charge >= 0.3 is 0 Å². The number of tetrazole rings is 1. The Labute approximate surface area is 98.7 Å². The molecule has 0 aliphatic rings. The maximum atomic E-state index is 4.18. The third kappa shape index (κ3) is 1.80. The minimum atomic E-state index is 0.653. The zero-order valence-corrected chi connectivity index (χ0v) is 9.83. The van der Waals surface area contributed by atoms with Gasteiger partial charge in [0, 0.05) is 11.7 Å². The molecule has 0 radical (unpaired) electrons. The molecular weight excluding hydrogens is 214 g/mol. The highest BCUT2D eigenvalue weighted by Crippen LogP contribution is 2.17. The molecule has 3 aromatic rings. The Morgan fingerprint density at radius 1 is 1.24 bits per heavy atom. The van der Waals surface area contributed by atoms with Gasteiger partial charge in [0.1, 0.15) is 0 Å². The van der Waals surface area contributed by atoms with Gasteiger partial charge in [-0.1, -0.05) is 11.6 Å². The summed E-state index contributed by atoms with van der Waals surface area (Å²) in [6, 6.07) is 8.53. The first-order valence-electron chi connectivity index (χ1n) is 5.51. The van der Waals surface area contributed by atoms with Gasteiger partial charge in [0.05, 0.1) is 13.6 Å². The topological polar surface area (TPSA) is 48.5 Å². The van der Waals surface area contributed by atoms with E-state index in [1.165, 1.54) is 21.3 Å². The molecule has 0 spiro atoms. The lowest BCUT2D eigenvalue weighted by Gasteiger charge is -2.01. The molecule has 0 saturated carbocycles. The van der Waals surface area contributed by atoms with Crippen molar-refractivity contribution in [2.45, 2.75) is 13.5 Å². The molecular formula is C12H13N5. The van der Waals surface area contributed by atoms with E-state index in [0.717, 1.165) is 5.82 Å². The highest BCUT2D eigenvalue weighted by Gasteiger charge is 2.05. The second kappa shape index (κ2) is 3.69. The standard InChI is InChI=1S/C12H13N5/c1-9-3-4-11-10(7-9)5-6-17(11)8-12-13-15-16(2)14-12/h3-7H,8H2,1-2H3. The monoisotopic (exact) mass is 227 g/mol. The molecule has 0 saturated heterocycles. The van der Waals surface area contributed by atoms with Crippen LogP contribution in [0.4, 0.5) is 0 Å². The van der Waals surface area contributed by atoms with Crippen molar-refractivity contribution in [3.05, 3.63) is 41.9 Å². The Kier molecular flexibility index (Phi) is 2.18. The fourth-order valence-corrected chi connectivity index (χ4v) is 2.00. The third-order valence-electron chi connectivity index (χ3n) is 2.79. The summed E-state index contributed by atoms with van der Waals surface area (Å²) in [6.07, 6.45) is 2.06. The van der Waals surface area contributed by atoms with E-state index in [1.54, 1.807) is 7.05 Å². The van der Waals surface area contributed by atoms with Crippen molar-refractivity contribution < 1.29 is 0 Å². The van der Waals surface area contributed by atoms with Gasteiger partial charge in [0.2, 0.25) is 0 Å². The summed E-state index contributed by atoms with van der Waals surface area (Å²) in [5.74, 6) is 0.727. The van der Waals surface area contributed by atoms with Gasteiger partial charge in [0.25, 0.3) is 0 Å². The van der Waals surface area contributed by atoms with E-state index >= 15 is 0 Å². The SMILES string of the molecule is Cc1ccc2c(ccn2Cc2nnn(C)n2)c1. The number of hydrogen-bond donors (Lipinski definition) is 0. The fourth-order valence-electron chi connectivity index (χ4n) is 2.00. The summed E-state index contributed by atoms with van der Waals surface area (Å²) in [4.78, 5) is 1.48. The number of aryl methyl sites for hydroxylation is 2. The highest BCUT2D eigenvalue weighted by atomic mass is 15.6. The molecule has 0 N–H and O–H groups in total. The van der Waals surface area contributed by atoms with Crippen LogP contribution in [0.1, 0.15) is 11.4 Å². The number of fused-ring (bicyclic) bond motifs is 1. The molecule has 5 nitrogen and oxygen atoms in total. The van der Waals surface area contributed by atoms with Gasteiger partial charge in [-0.25, -0.2) is 0 Å². The van der Waals surface area contributed by atoms with Crippen LogP contribution in [0.3, 0.4) is 0 Å². The molecule has 2 heterocycles. The summed E-state index contributed by atoms with van der Waals surface area (Å²) >= 11 is 0. The van der Waals surface area contributed by atoms with E-state index < -0.39 is 0 Å². The lowest BCUT2D eigenvalue weighted by atomic mass is 10.2. The van der Waals surface area contributed by atoms with Gasteiger partial charge in [-0.15, -0.1) is 10.2 Å². The fraction of sp³-hybridized carbons (Fsp3) is 0.250. The summed E-state index contributed by atoms with van der Waals surface area (Å²) in [5.41, 5.74) is 2.47. The van der Waals surface area contributed by atoms with E-state index in [-0.39, 0.29) is 0 Å². The number of aromatic nitrogens is 5. The number of rotatable bonds is 2. The number of benzene rings is 1. The van der Waals surface area contributed by atoms with Crippen LogP contribution in [0.2, 0.25) is 0 Å².